The van der Waals surface area contributed by atoms with Crippen molar-refractivity contribution in [2.75, 3.05) is 26.4 Å². The van der Waals surface area contributed by atoms with Crippen LogP contribution in [-0.4, -0.2) is 38.4 Å². The third kappa shape index (κ3) is 19.1. The molecule has 0 aromatic heterocycles. The summed E-state index contributed by atoms with van der Waals surface area (Å²) in [6.45, 7) is 5.52. The van der Waals surface area contributed by atoms with Gasteiger partial charge >= 0.3 is 11.9 Å². The smallest absolute Gasteiger partial charge is 0.305 e. The Labute approximate surface area is 153 Å². The van der Waals surface area contributed by atoms with Gasteiger partial charge in [0.05, 0.1) is 13.2 Å². The van der Waals surface area contributed by atoms with Crippen LogP contribution in [0.5, 0.6) is 0 Å². The highest BCUT2D eigenvalue weighted by Gasteiger charge is 2.04. The van der Waals surface area contributed by atoms with Crippen LogP contribution < -0.4 is 0 Å². The van der Waals surface area contributed by atoms with Crippen molar-refractivity contribution in [2.24, 2.45) is 0 Å². The lowest BCUT2D eigenvalue weighted by Crippen LogP contribution is -2.14. The summed E-state index contributed by atoms with van der Waals surface area (Å²) in [6, 6.07) is 0. The predicted molar refractivity (Wildman–Crippen MR) is 99.5 cm³/mol. The van der Waals surface area contributed by atoms with E-state index in [-0.39, 0.29) is 25.2 Å². The van der Waals surface area contributed by atoms with Crippen LogP contribution in [-0.2, 0) is 23.8 Å². The minimum absolute atomic E-state index is 0.153. The van der Waals surface area contributed by atoms with Crippen LogP contribution in [0.1, 0.15) is 90.9 Å². The molecule has 0 aromatic rings. The number of rotatable bonds is 18. The molecule has 0 rings (SSSR count). The first-order chi connectivity index (χ1) is 12.2. The standard InChI is InChI=1S/C20H38O5/c1-3-5-7-8-9-10-12-14-20(22)25-18-16-23-15-17-24-19(21)13-11-6-4-2/h3-18H2,1-2H3. The van der Waals surface area contributed by atoms with Gasteiger partial charge in [0.1, 0.15) is 13.2 Å². The Kier molecular flexibility index (Phi) is 18.4. The monoisotopic (exact) mass is 358 g/mol. The van der Waals surface area contributed by atoms with Gasteiger partial charge in [-0.3, -0.25) is 9.59 Å². The van der Waals surface area contributed by atoms with Gasteiger partial charge in [-0.05, 0) is 12.8 Å². The van der Waals surface area contributed by atoms with Gasteiger partial charge in [-0.2, -0.15) is 0 Å². The zero-order valence-electron chi connectivity index (χ0n) is 16.4. The molecule has 5 nitrogen and oxygen atoms in total. The minimum atomic E-state index is -0.168. The summed E-state index contributed by atoms with van der Waals surface area (Å²) in [5.41, 5.74) is 0. The molecule has 0 fully saturated rings. The van der Waals surface area contributed by atoms with Gasteiger partial charge in [-0.25, -0.2) is 0 Å². The number of hydrogen-bond donors (Lipinski definition) is 0. The SMILES string of the molecule is CCCCCCCCCC(=O)OCCOCCOC(=O)CCCCC. The molecule has 0 heterocycles. The van der Waals surface area contributed by atoms with Crippen molar-refractivity contribution < 1.29 is 23.8 Å². The van der Waals surface area contributed by atoms with E-state index in [1.54, 1.807) is 0 Å². The molecule has 0 radical (unpaired) electrons. The number of unbranched alkanes of at least 4 members (excludes halogenated alkanes) is 8. The van der Waals surface area contributed by atoms with E-state index in [0.717, 1.165) is 32.1 Å². The van der Waals surface area contributed by atoms with E-state index in [4.69, 9.17) is 14.2 Å². The molecule has 0 saturated heterocycles. The largest absolute Gasteiger partial charge is 0.463 e. The van der Waals surface area contributed by atoms with Gasteiger partial charge in [0.25, 0.3) is 0 Å². The second kappa shape index (κ2) is 19.2. The highest BCUT2D eigenvalue weighted by Crippen LogP contribution is 2.08. The Bertz CT molecular complexity index is 317. The Morgan fingerprint density at radius 1 is 0.560 bits per heavy atom. The Hall–Kier alpha value is -1.10. The molecule has 0 spiro atoms. The maximum atomic E-state index is 11.5. The fourth-order valence-electron chi connectivity index (χ4n) is 2.42. The van der Waals surface area contributed by atoms with Crippen molar-refractivity contribution in [1.29, 1.82) is 0 Å². The first kappa shape index (κ1) is 23.9. The second-order valence-corrected chi connectivity index (χ2v) is 6.38. The van der Waals surface area contributed by atoms with Crippen LogP contribution in [0.4, 0.5) is 0 Å². The molecule has 0 bridgehead atoms. The summed E-state index contributed by atoms with van der Waals surface area (Å²) in [5.74, 6) is -0.322. The first-order valence-corrected chi connectivity index (χ1v) is 10.1. The molecule has 0 aliphatic carbocycles. The zero-order valence-corrected chi connectivity index (χ0v) is 16.4. The topological polar surface area (TPSA) is 61.8 Å². The summed E-state index contributed by atoms with van der Waals surface area (Å²) in [4.78, 5) is 22.9. The van der Waals surface area contributed by atoms with Crippen LogP contribution in [0, 0.1) is 0 Å². The quantitative estimate of drug-likeness (QED) is 0.260. The first-order valence-electron chi connectivity index (χ1n) is 10.1. The number of hydrogen-bond acceptors (Lipinski definition) is 5. The third-order valence-electron chi connectivity index (χ3n) is 3.95. The Morgan fingerprint density at radius 2 is 0.960 bits per heavy atom. The van der Waals surface area contributed by atoms with Gasteiger partial charge in [0.15, 0.2) is 0 Å². The van der Waals surface area contributed by atoms with Crippen LogP contribution in [0.25, 0.3) is 0 Å². The average molecular weight is 359 g/mol. The van der Waals surface area contributed by atoms with Crippen LogP contribution in [0.15, 0.2) is 0 Å². The van der Waals surface area contributed by atoms with Gasteiger partial charge in [0.2, 0.25) is 0 Å². The van der Waals surface area contributed by atoms with Gasteiger partial charge in [-0.15, -0.1) is 0 Å². The molecule has 148 valence electrons. The summed E-state index contributed by atoms with van der Waals surface area (Å²) < 4.78 is 15.4. The van der Waals surface area contributed by atoms with Crippen molar-refractivity contribution in [3.05, 3.63) is 0 Å². The number of ether oxygens (including phenoxy) is 3. The van der Waals surface area contributed by atoms with E-state index in [1.165, 1.54) is 32.1 Å². The Balaban J connectivity index is 3.25. The normalized spacial score (nSPS) is 10.6. The Morgan fingerprint density at radius 3 is 1.48 bits per heavy atom. The van der Waals surface area contributed by atoms with E-state index in [2.05, 4.69) is 13.8 Å². The second-order valence-electron chi connectivity index (χ2n) is 6.38. The van der Waals surface area contributed by atoms with E-state index < -0.39 is 0 Å². The summed E-state index contributed by atoms with van der Waals surface area (Å²) >= 11 is 0. The van der Waals surface area contributed by atoms with Gasteiger partial charge < -0.3 is 14.2 Å². The van der Waals surface area contributed by atoms with Crippen LogP contribution >= 0.6 is 0 Å². The molecule has 0 aliphatic heterocycles. The molecular formula is C20H38O5. The molecule has 25 heavy (non-hydrogen) atoms. The summed E-state index contributed by atoms with van der Waals surface area (Å²) in [5, 5.41) is 0. The molecule has 0 N–H and O–H groups in total. The van der Waals surface area contributed by atoms with Crippen molar-refractivity contribution in [3.63, 3.8) is 0 Å². The molecule has 0 aliphatic rings. The van der Waals surface area contributed by atoms with Crippen molar-refractivity contribution in [2.45, 2.75) is 90.9 Å². The van der Waals surface area contributed by atoms with Gasteiger partial charge in [0, 0.05) is 12.8 Å². The fraction of sp³-hybridized carbons (Fsp3) is 0.900. The van der Waals surface area contributed by atoms with Crippen molar-refractivity contribution in [3.8, 4) is 0 Å². The highest BCUT2D eigenvalue weighted by atomic mass is 16.6. The molecular weight excluding hydrogens is 320 g/mol. The summed E-state index contributed by atoms with van der Waals surface area (Å²) in [6.07, 6.45) is 12.3. The number of esters is 2. The summed E-state index contributed by atoms with van der Waals surface area (Å²) in [7, 11) is 0. The fourth-order valence-corrected chi connectivity index (χ4v) is 2.42. The van der Waals surface area contributed by atoms with Crippen LogP contribution in [0.2, 0.25) is 0 Å². The van der Waals surface area contributed by atoms with Crippen molar-refractivity contribution >= 4 is 11.9 Å². The average Bonchev–Trinajstić information content (AvgIpc) is 2.60. The van der Waals surface area contributed by atoms with E-state index in [0.29, 0.717) is 26.1 Å². The maximum Gasteiger partial charge on any atom is 0.305 e. The molecule has 0 atom stereocenters. The minimum Gasteiger partial charge on any atom is -0.463 e. The molecule has 0 saturated carbocycles. The lowest BCUT2D eigenvalue weighted by molar-refractivity contribution is -0.146. The number of carbonyl (C=O) groups is 2. The third-order valence-corrected chi connectivity index (χ3v) is 3.95. The van der Waals surface area contributed by atoms with E-state index in [1.807, 2.05) is 0 Å². The molecule has 0 unspecified atom stereocenters. The molecule has 0 amide bonds. The lowest BCUT2D eigenvalue weighted by atomic mass is 10.1. The van der Waals surface area contributed by atoms with Crippen molar-refractivity contribution in [1.82, 2.24) is 0 Å². The van der Waals surface area contributed by atoms with Gasteiger partial charge in [-0.1, -0.05) is 65.2 Å². The molecule has 0 aromatic carbocycles. The van der Waals surface area contributed by atoms with E-state index in [9.17, 15) is 9.59 Å². The highest BCUT2D eigenvalue weighted by molar-refractivity contribution is 5.69. The zero-order chi connectivity index (χ0) is 18.6. The van der Waals surface area contributed by atoms with E-state index >= 15 is 0 Å². The van der Waals surface area contributed by atoms with Crippen LogP contribution in [0.3, 0.4) is 0 Å². The maximum absolute atomic E-state index is 11.5. The molecule has 5 heteroatoms. The number of carbonyl (C=O) groups excluding carboxylic acids is 2. The predicted octanol–water partition coefficient (Wildman–Crippen LogP) is 4.81. The lowest BCUT2D eigenvalue weighted by Gasteiger charge is -2.07.